The van der Waals surface area contributed by atoms with Gasteiger partial charge >= 0.3 is 0 Å². The smallest absolute Gasteiger partial charge is 0.0655 e. The Balaban J connectivity index is 1.80. The van der Waals surface area contributed by atoms with E-state index < -0.39 is 0 Å². The average molecular weight is 219 g/mol. The van der Waals surface area contributed by atoms with Gasteiger partial charge in [-0.2, -0.15) is 5.26 Å². The summed E-state index contributed by atoms with van der Waals surface area (Å²) in [4.78, 5) is 0. The van der Waals surface area contributed by atoms with E-state index >= 15 is 0 Å². The molecule has 0 bridgehead atoms. The molecule has 2 aliphatic carbocycles. The van der Waals surface area contributed by atoms with E-state index in [1.807, 2.05) is 0 Å². The van der Waals surface area contributed by atoms with Gasteiger partial charge < -0.3 is 0 Å². The van der Waals surface area contributed by atoms with Crippen molar-refractivity contribution in [3.8, 4) is 6.07 Å². The summed E-state index contributed by atoms with van der Waals surface area (Å²) in [6, 6.07) is 2.44. The highest BCUT2D eigenvalue weighted by Gasteiger charge is 2.33. The fraction of sp³-hybridized carbons (Fsp3) is 0.933. The molecule has 2 fully saturated rings. The molecule has 1 nitrogen and oxygen atoms in total. The molecule has 0 aromatic rings. The van der Waals surface area contributed by atoms with Crippen molar-refractivity contribution in [3.05, 3.63) is 0 Å². The Kier molecular flexibility index (Phi) is 3.57. The van der Waals surface area contributed by atoms with Crippen LogP contribution in [-0.4, -0.2) is 0 Å². The van der Waals surface area contributed by atoms with Crippen LogP contribution in [0.3, 0.4) is 0 Å². The van der Waals surface area contributed by atoms with Crippen molar-refractivity contribution in [2.45, 2.75) is 65.2 Å². The standard InChI is InChI=1S/C15H25N/c1-15(2)9-7-14(8-10-15)13-5-3-12(11-16)4-6-13/h12-14H,3-10H2,1-2H3. The molecule has 16 heavy (non-hydrogen) atoms. The maximum atomic E-state index is 8.91. The first-order valence-corrected chi connectivity index (χ1v) is 7.00. The van der Waals surface area contributed by atoms with Crippen LogP contribution >= 0.6 is 0 Å². The zero-order valence-electron chi connectivity index (χ0n) is 10.8. The maximum absolute atomic E-state index is 8.91. The molecule has 1 heteroatoms. The second kappa shape index (κ2) is 4.78. The molecule has 0 heterocycles. The van der Waals surface area contributed by atoms with Gasteiger partial charge in [-0.15, -0.1) is 0 Å². The van der Waals surface area contributed by atoms with Crippen LogP contribution in [0.1, 0.15) is 65.2 Å². The number of nitrogens with zero attached hydrogens (tertiary/aromatic N) is 1. The molecular weight excluding hydrogens is 194 g/mol. The van der Waals surface area contributed by atoms with Gasteiger partial charge in [0.2, 0.25) is 0 Å². The molecule has 0 N–H and O–H groups in total. The zero-order valence-corrected chi connectivity index (χ0v) is 10.8. The van der Waals surface area contributed by atoms with Crippen LogP contribution in [0.25, 0.3) is 0 Å². The Labute approximate surface area is 100 Å². The molecule has 2 aliphatic rings. The summed E-state index contributed by atoms with van der Waals surface area (Å²) >= 11 is 0. The Bertz CT molecular complexity index is 256. The molecule has 0 unspecified atom stereocenters. The quantitative estimate of drug-likeness (QED) is 0.635. The zero-order chi connectivity index (χ0) is 11.6. The molecule has 0 aromatic heterocycles. The summed E-state index contributed by atoms with van der Waals surface area (Å²) in [5.41, 5.74) is 0.598. The number of hydrogen-bond acceptors (Lipinski definition) is 1. The number of rotatable bonds is 1. The van der Waals surface area contributed by atoms with Crippen molar-refractivity contribution < 1.29 is 0 Å². The largest absolute Gasteiger partial charge is 0.198 e. The maximum Gasteiger partial charge on any atom is 0.0655 e. The Morgan fingerprint density at radius 3 is 1.88 bits per heavy atom. The molecule has 2 rings (SSSR count). The fourth-order valence-corrected chi connectivity index (χ4v) is 3.61. The second-order valence-electron chi connectivity index (χ2n) is 6.74. The van der Waals surface area contributed by atoms with Gasteiger partial charge in [-0.3, -0.25) is 0 Å². The SMILES string of the molecule is CC1(C)CCC(C2CCC(C#N)CC2)CC1. The lowest BCUT2D eigenvalue weighted by Crippen LogP contribution is -2.28. The van der Waals surface area contributed by atoms with Crippen LogP contribution in [-0.2, 0) is 0 Å². The van der Waals surface area contributed by atoms with Crippen LogP contribution in [0.2, 0.25) is 0 Å². The normalized spacial score (nSPS) is 35.6. The monoisotopic (exact) mass is 219 g/mol. The topological polar surface area (TPSA) is 23.8 Å². The summed E-state index contributed by atoms with van der Waals surface area (Å²) in [5.74, 6) is 2.30. The minimum Gasteiger partial charge on any atom is -0.198 e. The minimum absolute atomic E-state index is 0.372. The average Bonchev–Trinajstić information content (AvgIpc) is 2.29. The second-order valence-corrected chi connectivity index (χ2v) is 6.74. The van der Waals surface area contributed by atoms with E-state index in [2.05, 4.69) is 19.9 Å². The first-order chi connectivity index (χ1) is 7.61. The summed E-state index contributed by atoms with van der Waals surface area (Å²) in [5, 5.41) is 8.91. The number of nitriles is 1. The first-order valence-electron chi connectivity index (χ1n) is 7.00. The van der Waals surface area contributed by atoms with E-state index in [1.165, 1.54) is 51.4 Å². The Morgan fingerprint density at radius 2 is 1.38 bits per heavy atom. The van der Waals surface area contributed by atoms with Crippen molar-refractivity contribution >= 4 is 0 Å². The van der Waals surface area contributed by atoms with Gasteiger partial charge in [-0.1, -0.05) is 13.8 Å². The van der Waals surface area contributed by atoms with Crippen LogP contribution in [0.5, 0.6) is 0 Å². The Hall–Kier alpha value is -0.510. The van der Waals surface area contributed by atoms with E-state index in [4.69, 9.17) is 5.26 Å². The van der Waals surface area contributed by atoms with Crippen molar-refractivity contribution in [1.82, 2.24) is 0 Å². The van der Waals surface area contributed by atoms with Crippen LogP contribution < -0.4 is 0 Å². The van der Waals surface area contributed by atoms with Crippen molar-refractivity contribution in [1.29, 1.82) is 5.26 Å². The summed E-state index contributed by atoms with van der Waals surface area (Å²) < 4.78 is 0. The molecule has 0 saturated heterocycles. The summed E-state index contributed by atoms with van der Waals surface area (Å²) in [6.07, 6.45) is 10.7. The highest BCUT2D eigenvalue weighted by molar-refractivity contribution is 4.90. The third-order valence-corrected chi connectivity index (χ3v) is 5.00. The van der Waals surface area contributed by atoms with Crippen LogP contribution in [0.4, 0.5) is 0 Å². The van der Waals surface area contributed by atoms with Gasteiger partial charge in [0.25, 0.3) is 0 Å². The molecule has 90 valence electrons. The molecule has 0 atom stereocenters. The van der Waals surface area contributed by atoms with Gasteiger partial charge in [0.15, 0.2) is 0 Å². The molecule has 0 radical (unpaired) electrons. The molecule has 2 saturated carbocycles. The molecule has 0 spiro atoms. The molecule has 0 aromatic carbocycles. The van der Waals surface area contributed by atoms with Crippen LogP contribution in [0.15, 0.2) is 0 Å². The van der Waals surface area contributed by atoms with E-state index in [-0.39, 0.29) is 0 Å². The van der Waals surface area contributed by atoms with Crippen molar-refractivity contribution in [2.24, 2.45) is 23.2 Å². The minimum atomic E-state index is 0.372. The van der Waals surface area contributed by atoms with E-state index in [1.54, 1.807) is 0 Å². The van der Waals surface area contributed by atoms with E-state index in [9.17, 15) is 0 Å². The third-order valence-electron chi connectivity index (χ3n) is 5.00. The Morgan fingerprint density at radius 1 is 0.875 bits per heavy atom. The lowest BCUT2D eigenvalue weighted by atomic mass is 9.66. The van der Waals surface area contributed by atoms with Crippen molar-refractivity contribution in [2.75, 3.05) is 0 Å². The van der Waals surface area contributed by atoms with E-state index in [0.717, 1.165) is 11.8 Å². The summed E-state index contributed by atoms with van der Waals surface area (Å²) in [6.45, 7) is 4.83. The van der Waals surface area contributed by atoms with Gasteiger partial charge in [0.1, 0.15) is 0 Å². The molecular formula is C15H25N. The lowest BCUT2D eigenvalue weighted by molar-refractivity contribution is 0.121. The first kappa shape index (κ1) is 12.0. The molecule has 0 aliphatic heterocycles. The third kappa shape index (κ3) is 2.78. The summed E-state index contributed by atoms with van der Waals surface area (Å²) in [7, 11) is 0. The fourth-order valence-electron chi connectivity index (χ4n) is 3.61. The van der Waals surface area contributed by atoms with Gasteiger partial charge in [0.05, 0.1) is 6.07 Å². The molecule has 0 amide bonds. The van der Waals surface area contributed by atoms with Crippen LogP contribution in [0, 0.1) is 34.5 Å². The predicted octanol–water partition coefficient (Wildman–Crippen LogP) is 4.53. The predicted molar refractivity (Wildman–Crippen MR) is 66.8 cm³/mol. The number of hydrogen-bond donors (Lipinski definition) is 0. The van der Waals surface area contributed by atoms with Gasteiger partial charge in [-0.25, -0.2) is 0 Å². The lowest BCUT2D eigenvalue weighted by Gasteiger charge is -2.39. The van der Waals surface area contributed by atoms with Gasteiger partial charge in [-0.05, 0) is 68.6 Å². The highest BCUT2D eigenvalue weighted by atomic mass is 14.4. The highest BCUT2D eigenvalue weighted by Crippen LogP contribution is 2.44. The van der Waals surface area contributed by atoms with Gasteiger partial charge in [0, 0.05) is 5.92 Å². The van der Waals surface area contributed by atoms with Crippen molar-refractivity contribution in [3.63, 3.8) is 0 Å². The van der Waals surface area contributed by atoms with E-state index in [0.29, 0.717) is 11.3 Å².